The van der Waals surface area contributed by atoms with Gasteiger partial charge >= 0.3 is 0 Å². The van der Waals surface area contributed by atoms with Gasteiger partial charge in [0.15, 0.2) is 0 Å². The largest absolute Gasteiger partial charge is 0.261 e. The molecule has 0 spiro atoms. The first-order valence-electron chi connectivity index (χ1n) is 5.71. The highest BCUT2D eigenvalue weighted by molar-refractivity contribution is 6.08. The maximum atomic E-state index is 4.47. The molecule has 2 rings (SSSR count). The molecule has 4 heteroatoms. The minimum atomic E-state index is 0.358. The zero-order chi connectivity index (χ0) is 11.5. The van der Waals surface area contributed by atoms with E-state index in [-0.39, 0.29) is 0 Å². The molecule has 0 unspecified atom stereocenters. The second kappa shape index (κ2) is 4.52. The van der Waals surface area contributed by atoms with Crippen molar-refractivity contribution >= 4 is 7.85 Å². The van der Waals surface area contributed by atoms with Crippen molar-refractivity contribution in [3.05, 3.63) is 36.2 Å². The van der Waals surface area contributed by atoms with Gasteiger partial charge in [0.1, 0.15) is 7.85 Å². The van der Waals surface area contributed by atoms with E-state index in [1.165, 1.54) is 5.56 Å². The highest BCUT2D eigenvalue weighted by Crippen LogP contribution is 2.23. The van der Waals surface area contributed by atoms with E-state index in [1.54, 1.807) is 0 Å². The number of nitrogens with zero attached hydrogens (tertiary/aromatic N) is 3. The molecule has 0 saturated carbocycles. The van der Waals surface area contributed by atoms with Crippen molar-refractivity contribution < 1.29 is 0 Å². The Balaban J connectivity index is 2.54. The number of aromatic nitrogens is 3. The Hall–Kier alpha value is -1.58. The number of pyridine rings is 1. The molecule has 0 atom stereocenters. The Morgan fingerprint density at radius 1 is 1.31 bits per heavy atom. The highest BCUT2D eigenvalue weighted by atomic mass is 15.3. The molecule has 0 bridgehead atoms. The molecule has 0 aliphatic carbocycles. The third kappa shape index (κ3) is 1.87. The smallest absolute Gasteiger partial charge is 0.107 e. The highest BCUT2D eigenvalue weighted by Gasteiger charge is 2.11. The van der Waals surface area contributed by atoms with Gasteiger partial charge in [-0.25, -0.2) is 0 Å². The lowest BCUT2D eigenvalue weighted by Crippen LogP contribution is -2.06. The molecule has 2 aromatic rings. The Morgan fingerprint density at radius 3 is 2.81 bits per heavy atom. The first kappa shape index (κ1) is 10.9. The van der Waals surface area contributed by atoms with Crippen molar-refractivity contribution in [1.29, 1.82) is 0 Å². The van der Waals surface area contributed by atoms with Crippen molar-refractivity contribution in [1.82, 2.24) is 14.8 Å². The van der Waals surface area contributed by atoms with Gasteiger partial charge in [-0.15, -0.1) is 0 Å². The van der Waals surface area contributed by atoms with Crippen LogP contribution in [0.3, 0.4) is 0 Å². The van der Waals surface area contributed by atoms with Crippen LogP contribution in [0.4, 0.5) is 0 Å². The number of hydrogen-bond donors (Lipinski definition) is 0. The Kier molecular flexibility index (Phi) is 3.08. The van der Waals surface area contributed by atoms with Crippen LogP contribution in [-0.2, 0) is 6.32 Å². The molecular formula is C12H16BN3. The molecule has 0 radical (unpaired) electrons. The lowest BCUT2D eigenvalue weighted by molar-refractivity contribution is 0.537. The Morgan fingerprint density at radius 2 is 2.12 bits per heavy atom. The van der Waals surface area contributed by atoms with Gasteiger partial charge < -0.3 is 0 Å². The predicted octanol–water partition coefficient (Wildman–Crippen LogP) is 1.66. The molecule has 82 valence electrons. The van der Waals surface area contributed by atoms with Crippen LogP contribution in [0.5, 0.6) is 0 Å². The topological polar surface area (TPSA) is 30.7 Å². The molecule has 0 N–H and O–H groups in total. The van der Waals surface area contributed by atoms with E-state index in [2.05, 4.69) is 37.8 Å². The van der Waals surface area contributed by atoms with Gasteiger partial charge in [-0.3, -0.25) is 9.67 Å². The molecule has 16 heavy (non-hydrogen) atoms. The molecule has 3 nitrogen and oxygen atoms in total. The fourth-order valence-electron chi connectivity index (χ4n) is 1.87. The summed E-state index contributed by atoms with van der Waals surface area (Å²) in [6.07, 6.45) is 4.67. The van der Waals surface area contributed by atoms with E-state index in [1.807, 2.05) is 29.2 Å². The van der Waals surface area contributed by atoms with Gasteiger partial charge in [-0.1, -0.05) is 12.4 Å². The summed E-state index contributed by atoms with van der Waals surface area (Å²) in [4.78, 5) is 4.47. The molecular weight excluding hydrogens is 197 g/mol. The van der Waals surface area contributed by atoms with Gasteiger partial charge in [-0.05, 0) is 31.5 Å². The fourth-order valence-corrected chi connectivity index (χ4v) is 1.87. The minimum absolute atomic E-state index is 0.358. The summed E-state index contributed by atoms with van der Waals surface area (Å²) in [7, 11) is 2.15. The average molecular weight is 213 g/mol. The van der Waals surface area contributed by atoms with E-state index in [9.17, 15) is 0 Å². The summed E-state index contributed by atoms with van der Waals surface area (Å²) in [5.74, 6) is 0. The van der Waals surface area contributed by atoms with Crippen molar-refractivity contribution in [3.63, 3.8) is 0 Å². The molecule has 2 heterocycles. The van der Waals surface area contributed by atoms with Crippen LogP contribution in [0, 0.1) is 0 Å². The standard InChI is InChI=1S/C12H16BN3/c1-9(2)16-11(5-7-15-16)12-10(8-13)4-3-6-14-12/h3-7,9H,8,13H2,1-2H3. The maximum Gasteiger partial charge on any atom is 0.107 e. The maximum absolute atomic E-state index is 4.47. The van der Waals surface area contributed by atoms with Crippen LogP contribution in [0.2, 0.25) is 0 Å². The molecule has 2 aromatic heterocycles. The van der Waals surface area contributed by atoms with Crippen LogP contribution in [0.15, 0.2) is 30.6 Å². The van der Waals surface area contributed by atoms with Gasteiger partial charge in [0, 0.05) is 18.4 Å². The van der Waals surface area contributed by atoms with Crippen molar-refractivity contribution in [3.8, 4) is 11.4 Å². The SMILES string of the molecule is BCc1cccnc1-c1ccnn1C(C)C. The summed E-state index contributed by atoms with van der Waals surface area (Å²) < 4.78 is 2.02. The van der Waals surface area contributed by atoms with E-state index < -0.39 is 0 Å². The van der Waals surface area contributed by atoms with Crippen molar-refractivity contribution in [2.24, 2.45) is 0 Å². The van der Waals surface area contributed by atoms with Gasteiger partial charge in [0.25, 0.3) is 0 Å². The molecule has 0 fully saturated rings. The van der Waals surface area contributed by atoms with E-state index in [0.717, 1.165) is 17.7 Å². The first-order valence-corrected chi connectivity index (χ1v) is 5.71. The molecule has 0 amide bonds. The number of hydrogen-bond acceptors (Lipinski definition) is 2. The normalized spacial score (nSPS) is 10.9. The van der Waals surface area contributed by atoms with E-state index in [4.69, 9.17) is 0 Å². The molecule has 0 aliphatic rings. The first-order chi connectivity index (χ1) is 7.74. The number of rotatable bonds is 3. The Bertz CT molecular complexity index is 477. The van der Waals surface area contributed by atoms with Crippen molar-refractivity contribution in [2.45, 2.75) is 26.2 Å². The predicted molar refractivity (Wildman–Crippen MR) is 68.1 cm³/mol. The van der Waals surface area contributed by atoms with E-state index >= 15 is 0 Å². The summed E-state index contributed by atoms with van der Waals surface area (Å²) in [5.41, 5.74) is 3.42. The fraction of sp³-hybridized carbons (Fsp3) is 0.333. The van der Waals surface area contributed by atoms with Crippen LogP contribution in [-0.4, -0.2) is 22.6 Å². The third-order valence-electron chi connectivity index (χ3n) is 2.67. The zero-order valence-electron chi connectivity index (χ0n) is 10.0. The average Bonchev–Trinajstić information content (AvgIpc) is 2.77. The van der Waals surface area contributed by atoms with E-state index in [0.29, 0.717) is 6.04 Å². The van der Waals surface area contributed by atoms with Gasteiger partial charge in [0.05, 0.1) is 11.4 Å². The van der Waals surface area contributed by atoms with Crippen LogP contribution < -0.4 is 0 Å². The van der Waals surface area contributed by atoms with Crippen LogP contribution in [0.25, 0.3) is 11.4 Å². The van der Waals surface area contributed by atoms with Gasteiger partial charge in [-0.2, -0.15) is 5.10 Å². The summed E-state index contributed by atoms with van der Waals surface area (Å²) >= 11 is 0. The second-order valence-electron chi connectivity index (χ2n) is 4.12. The van der Waals surface area contributed by atoms with Crippen LogP contribution >= 0.6 is 0 Å². The minimum Gasteiger partial charge on any atom is -0.261 e. The monoisotopic (exact) mass is 213 g/mol. The molecule has 0 saturated heterocycles. The summed E-state index contributed by atoms with van der Waals surface area (Å²) in [6, 6.07) is 6.50. The lowest BCUT2D eigenvalue weighted by Gasteiger charge is -2.12. The quantitative estimate of drug-likeness (QED) is 0.726. The summed E-state index contributed by atoms with van der Waals surface area (Å²) in [5, 5.41) is 4.34. The van der Waals surface area contributed by atoms with Crippen molar-refractivity contribution in [2.75, 3.05) is 0 Å². The molecule has 0 aliphatic heterocycles. The second-order valence-corrected chi connectivity index (χ2v) is 4.12. The van der Waals surface area contributed by atoms with Crippen LogP contribution in [0.1, 0.15) is 25.5 Å². The molecule has 0 aromatic carbocycles. The summed E-state index contributed by atoms with van der Waals surface area (Å²) in [6.45, 7) is 4.26. The lowest BCUT2D eigenvalue weighted by atomic mass is 9.95. The Labute approximate surface area is 96.9 Å². The van der Waals surface area contributed by atoms with Gasteiger partial charge in [0.2, 0.25) is 0 Å². The third-order valence-corrected chi connectivity index (χ3v) is 2.67. The zero-order valence-corrected chi connectivity index (χ0v) is 10.0.